The Bertz CT molecular complexity index is 594. The van der Waals surface area contributed by atoms with Crippen LogP contribution in [0.25, 0.3) is 0 Å². The Morgan fingerprint density at radius 2 is 2.11 bits per heavy atom. The number of nitrogens with two attached hydrogens (primary N) is 1. The minimum absolute atomic E-state index is 0.285. The van der Waals surface area contributed by atoms with E-state index in [9.17, 15) is 14.9 Å². The fourth-order valence-corrected chi connectivity index (χ4v) is 1.86. The van der Waals surface area contributed by atoms with Crippen LogP contribution in [0.5, 0.6) is 0 Å². The van der Waals surface area contributed by atoms with Crippen molar-refractivity contribution < 1.29 is 9.72 Å². The molecule has 19 heavy (non-hydrogen) atoms. The van der Waals surface area contributed by atoms with Gasteiger partial charge in [-0.05, 0) is 10.5 Å². The minimum Gasteiger partial charge on any atom is -0.390 e. The molecular weight excluding hydrogens is 248 g/mol. The summed E-state index contributed by atoms with van der Waals surface area (Å²) < 4.78 is 1.19. The van der Waals surface area contributed by atoms with Crippen LogP contribution in [0.2, 0.25) is 0 Å². The van der Waals surface area contributed by atoms with Crippen molar-refractivity contribution in [3.05, 3.63) is 58.4 Å². The Hall–Kier alpha value is -2.70. The molecule has 0 saturated carbocycles. The molecule has 0 bridgehead atoms. The highest BCUT2D eigenvalue weighted by Gasteiger charge is 2.27. The molecule has 0 fully saturated rings. The number of carbonyl (C=O) groups is 1. The third-order valence-electron chi connectivity index (χ3n) is 2.75. The van der Waals surface area contributed by atoms with Crippen LogP contribution in [0.15, 0.2) is 42.7 Å². The number of hydrogen-bond donors (Lipinski definition) is 1. The molecule has 2 rings (SSSR count). The minimum atomic E-state index is -0.828. The number of imidazole rings is 1. The largest absolute Gasteiger partial charge is 0.435 e. The van der Waals surface area contributed by atoms with Gasteiger partial charge < -0.3 is 15.8 Å². The highest BCUT2D eigenvalue weighted by Crippen LogP contribution is 2.19. The van der Waals surface area contributed by atoms with Gasteiger partial charge in [0.15, 0.2) is 6.04 Å². The highest BCUT2D eigenvalue weighted by atomic mass is 16.6. The molecule has 1 amide bonds. The number of aromatic nitrogens is 2. The molecule has 0 aliphatic heterocycles. The number of nitrogens with zero attached hydrogens (tertiary/aromatic N) is 3. The van der Waals surface area contributed by atoms with Crippen LogP contribution in [0.3, 0.4) is 0 Å². The molecule has 1 atom stereocenters. The summed E-state index contributed by atoms with van der Waals surface area (Å²) in [4.78, 5) is 25.3. The topological polar surface area (TPSA) is 104 Å². The van der Waals surface area contributed by atoms with Crippen molar-refractivity contribution in [1.29, 1.82) is 0 Å². The highest BCUT2D eigenvalue weighted by molar-refractivity contribution is 5.79. The van der Waals surface area contributed by atoms with Crippen molar-refractivity contribution in [2.24, 2.45) is 5.73 Å². The van der Waals surface area contributed by atoms with Crippen LogP contribution >= 0.6 is 0 Å². The lowest BCUT2D eigenvalue weighted by Crippen LogP contribution is -2.28. The number of carbonyl (C=O) groups excluding carboxylic acids is 1. The first-order valence-corrected chi connectivity index (χ1v) is 5.60. The van der Waals surface area contributed by atoms with E-state index < -0.39 is 16.9 Å². The smallest absolute Gasteiger partial charge is 0.390 e. The van der Waals surface area contributed by atoms with Crippen LogP contribution in [0.1, 0.15) is 11.6 Å². The maximum Gasteiger partial charge on any atom is 0.435 e. The zero-order chi connectivity index (χ0) is 13.8. The summed E-state index contributed by atoms with van der Waals surface area (Å²) in [6.07, 6.45) is 2.95. The zero-order valence-electron chi connectivity index (χ0n) is 9.97. The Morgan fingerprint density at radius 3 is 2.68 bits per heavy atom. The lowest BCUT2D eigenvalue weighted by Gasteiger charge is -2.12. The van der Waals surface area contributed by atoms with E-state index in [1.807, 2.05) is 30.3 Å². The first-order valence-electron chi connectivity index (χ1n) is 5.60. The number of benzene rings is 1. The summed E-state index contributed by atoms with van der Waals surface area (Å²) in [5, 5.41) is 10.8. The average Bonchev–Trinajstić information content (AvgIpc) is 2.86. The Labute approximate surface area is 108 Å². The van der Waals surface area contributed by atoms with Crippen LogP contribution in [0, 0.1) is 10.1 Å². The van der Waals surface area contributed by atoms with Crippen molar-refractivity contribution in [2.45, 2.75) is 12.5 Å². The third-order valence-corrected chi connectivity index (χ3v) is 2.75. The summed E-state index contributed by atoms with van der Waals surface area (Å²) in [5.74, 6) is -1.02. The number of nitro groups is 1. The predicted octanol–water partition coefficient (Wildman–Crippen LogP) is 1.06. The van der Waals surface area contributed by atoms with Gasteiger partial charge in [-0.3, -0.25) is 4.79 Å². The van der Waals surface area contributed by atoms with Crippen LogP contribution in [-0.4, -0.2) is 20.4 Å². The molecule has 7 heteroatoms. The van der Waals surface area contributed by atoms with Gasteiger partial charge in [-0.2, -0.15) is 0 Å². The third kappa shape index (κ3) is 2.76. The molecule has 0 spiro atoms. The second-order valence-corrected chi connectivity index (χ2v) is 4.00. The van der Waals surface area contributed by atoms with Crippen molar-refractivity contribution in [3.63, 3.8) is 0 Å². The molecule has 98 valence electrons. The molecule has 1 unspecified atom stereocenters. The lowest BCUT2D eigenvalue weighted by atomic mass is 10.1. The van der Waals surface area contributed by atoms with E-state index in [4.69, 9.17) is 5.73 Å². The summed E-state index contributed by atoms with van der Waals surface area (Å²) in [7, 11) is 0. The van der Waals surface area contributed by atoms with E-state index >= 15 is 0 Å². The quantitative estimate of drug-likeness (QED) is 0.641. The molecule has 1 aromatic heterocycles. The van der Waals surface area contributed by atoms with Crippen LogP contribution in [0.4, 0.5) is 5.95 Å². The zero-order valence-corrected chi connectivity index (χ0v) is 9.97. The van der Waals surface area contributed by atoms with Crippen molar-refractivity contribution in [1.82, 2.24) is 9.55 Å². The van der Waals surface area contributed by atoms with Crippen LogP contribution in [-0.2, 0) is 11.2 Å². The molecule has 0 saturated heterocycles. The average molecular weight is 260 g/mol. The summed E-state index contributed by atoms with van der Waals surface area (Å²) >= 11 is 0. The molecule has 0 aliphatic carbocycles. The summed E-state index contributed by atoms with van der Waals surface area (Å²) in [6.45, 7) is 0. The molecule has 2 aromatic rings. The second-order valence-electron chi connectivity index (χ2n) is 4.00. The van der Waals surface area contributed by atoms with E-state index in [2.05, 4.69) is 4.98 Å². The standard InChI is InChI=1S/C12H12N4O3/c13-11(17)10(8-9-4-2-1-3-5-9)15-7-6-14-12(15)16(18)19/h1-7,10H,8H2,(H2,13,17). The molecule has 1 heterocycles. The monoisotopic (exact) mass is 260 g/mol. The first kappa shape index (κ1) is 12.7. The Morgan fingerprint density at radius 1 is 1.42 bits per heavy atom. The number of hydrogen-bond acceptors (Lipinski definition) is 4. The molecular formula is C12H12N4O3. The first-order chi connectivity index (χ1) is 9.09. The van der Waals surface area contributed by atoms with Gasteiger partial charge in [-0.15, -0.1) is 0 Å². The van der Waals surface area contributed by atoms with Gasteiger partial charge >= 0.3 is 5.95 Å². The van der Waals surface area contributed by atoms with E-state index in [1.54, 1.807) is 0 Å². The van der Waals surface area contributed by atoms with Gasteiger partial charge in [0.1, 0.15) is 12.4 Å². The van der Waals surface area contributed by atoms with Crippen molar-refractivity contribution >= 4 is 11.9 Å². The Kier molecular flexibility index (Phi) is 3.56. The van der Waals surface area contributed by atoms with Crippen LogP contribution < -0.4 is 5.73 Å². The maximum atomic E-state index is 11.5. The van der Waals surface area contributed by atoms with Gasteiger partial charge in [0.2, 0.25) is 0 Å². The van der Waals surface area contributed by atoms with Gasteiger partial charge in [0.25, 0.3) is 5.91 Å². The SMILES string of the molecule is NC(=O)C(Cc1ccccc1)n1ccnc1[N+](=O)[O-]. The van der Waals surface area contributed by atoms with E-state index in [1.165, 1.54) is 17.0 Å². The number of primary amides is 1. The second kappa shape index (κ2) is 5.30. The molecule has 0 aliphatic rings. The molecule has 2 N–H and O–H groups in total. The van der Waals surface area contributed by atoms with Gasteiger partial charge in [0, 0.05) is 6.42 Å². The molecule has 7 nitrogen and oxygen atoms in total. The normalized spacial score (nSPS) is 12.0. The van der Waals surface area contributed by atoms with E-state index in [0.717, 1.165) is 5.56 Å². The number of amides is 1. The van der Waals surface area contributed by atoms with Gasteiger partial charge in [0.05, 0.1) is 0 Å². The number of rotatable bonds is 5. The summed E-state index contributed by atoms with van der Waals surface area (Å²) in [6, 6.07) is 8.34. The van der Waals surface area contributed by atoms with E-state index in [0.29, 0.717) is 0 Å². The Balaban J connectivity index is 2.33. The van der Waals surface area contributed by atoms with Crippen molar-refractivity contribution in [2.75, 3.05) is 0 Å². The van der Waals surface area contributed by atoms with Gasteiger partial charge in [-0.1, -0.05) is 35.3 Å². The van der Waals surface area contributed by atoms with Crippen molar-refractivity contribution in [3.8, 4) is 0 Å². The van der Waals surface area contributed by atoms with Gasteiger partial charge in [-0.25, -0.2) is 4.57 Å². The predicted molar refractivity (Wildman–Crippen MR) is 67.3 cm³/mol. The molecule has 0 radical (unpaired) electrons. The molecule has 1 aromatic carbocycles. The maximum absolute atomic E-state index is 11.5. The summed E-state index contributed by atoms with van der Waals surface area (Å²) in [5.41, 5.74) is 6.20. The fraction of sp³-hybridized carbons (Fsp3) is 0.167. The lowest BCUT2D eigenvalue weighted by molar-refractivity contribution is -0.397. The fourth-order valence-electron chi connectivity index (χ4n) is 1.86. The van der Waals surface area contributed by atoms with E-state index in [-0.39, 0.29) is 12.4 Å².